The summed E-state index contributed by atoms with van der Waals surface area (Å²) in [5.74, 6) is -0.0203. The van der Waals surface area contributed by atoms with Crippen molar-refractivity contribution < 1.29 is 4.79 Å². The minimum atomic E-state index is -0.0203. The lowest BCUT2D eigenvalue weighted by Crippen LogP contribution is -2.08. The van der Waals surface area contributed by atoms with Gasteiger partial charge < -0.3 is 0 Å². The second kappa shape index (κ2) is 5.31. The third-order valence-electron chi connectivity index (χ3n) is 2.80. The lowest BCUT2D eigenvalue weighted by molar-refractivity contribution is 0.0991. The molecule has 0 aromatic carbocycles. The number of carbonyl (C=O) groups excluding carboxylic acids is 1. The molecule has 0 amide bonds. The topological polar surface area (TPSA) is 47.8 Å². The largest absolute Gasteiger partial charge is 0.294 e. The number of nitrogens with zero attached hydrogens (tertiary/aromatic N) is 3. The summed E-state index contributed by atoms with van der Waals surface area (Å²) in [6.45, 7) is 2.04. The van der Waals surface area contributed by atoms with Crippen LogP contribution in [0.25, 0.3) is 0 Å². The van der Waals surface area contributed by atoms with E-state index in [9.17, 15) is 4.79 Å². The SMILES string of the molecule is CCc1cc(CC(=O)c2ccncc2Cl)n(C)n1. The van der Waals surface area contributed by atoms with Gasteiger partial charge in [-0.3, -0.25) is 14.5 Å². The Hall–Kier alpha value is -1.68. The number of aromatic nitrogens is 3. The molecule has 94 valence electrons. The molecule has 2 heterocycles. The Bertz CT molecular complexity index is 577. The predicted octanol–water partition coefficient (Wildman–Crippen LogP) is 2.46. The molecule has 0 fully saturated rings. The van der Waals surface area contributed by atoms with Crippen LogP contribution in [0, 0.1) is 0 Å². The molecule has 0 aliphatic heterocycles. The summed E-state index contributed by atoms with van der Waals surface area (Å²) in [6, 6.07) is 3.59. The first-order chi connectivity index (χ1) is 8.61. The van der Waals surface area contributed by atoms with Gasteiger partial charge in [0.25, 0.3) is 0 Å². The molecule has 0 radical (unpaired) electrons. The zero-order valence-electron chi connectivity index (χ0n) is 10.4. The van der Waals surface area contributed by atoms with E-state index in [-0.39, 0.29) is 5.78 Å². The fraction of sp³-hybridized carbons (Fsp3) is 0.308. The Labute approximate surface area is 111 Å². The van der Waals surface area contributed by atoms with E-state index in [1.807, 2.05) is 20.0 Å². The molecule has 0 aliphatic carbocycles. The van der Waals surface area contributed by atoms with E-state index in [1.54, 1.807) is 16.9 Å². The molecule has 0 N–H and O–H groups in total. The van der Waals surface area contributed by atoms with Crippen LogP contribution in [0.2, 0.25) is 5.02 Å². The van der Waals surface area contributed by atoms with Gasteiger partial charge in [0.15, 0.2) is 5.78 Å². The quantitative estimate of drug-likeness (QED) is 0.796. The third kappa shape index (κ3) is 2.59. The van der Waals surface area contributed by atoms with Crippen molar-refractivity contribution in [2.24, 2.45) is 7.05 Å². The van der Waals surface area contributed by atoms with Crippen molar-refractivity contribution in [3.63, 3.8) is 0 Å². The summed E-state index contributed by atoms with van der Waals surface area (Å²) in [5.41, 5.74) is 2.39. The molecule has 2 rings (SSSR count). The Balaban J connectivity index is 2.21. The van der Waals surface area contributed by atoms with Crippen LogP contribution in [0.4, 0.5) is 0 Å². The van der Waals surface area contributed by atoms with Gasteiger partial charge in [-0.25, -0.2) is 0 Å². The summed E-state index contributed by atoms with van der Waals surface area (Å²) >= 11 is 5.95. The second-order valence-corrected chi connectivity index (χ2v) is 4.47. The average molecular weight is 264 g/mol. The van der Waals surface area contributed by atoms with Crippen molar-refractivity contribution in [3.05, 3.63) is 46.5 Å². The zero-order chi connectivity index (χ0) is 13.1. The lowest BCUT2D eigenvalue weighted by Gasteiger charge is -2.03. The molecule has 2 aromatic rings. The van der Waals surface area contributed by atoms with Gasteiger partial charge >= 0.3 is 0 Å². The first-order valence-corrected chi connectivity index (χ1v) is 6.14. The highest BCUT2D eigenvalue weighted by Crippen LogP contribution is 2.16. The minimum absolute atomic E-state index is 0.0203. The molecular weight excluding hydrogens is 250 g/mol. The van der Waals surface area contributed by atoms with Gasteiger partial charge in [0.2, 0.25) is 0 Å². The number of Topliss-reactive ketones (excluding diaryl/α,β-unsaturated/α-hetero) is 1. The van der Waals surface area contributed by atoms with Crippen LogP contribution in [-0.2, 0) is 19.9 Å². The molecule has 2 aromatic heterocycles. The Morgan fingerprint density at radius 3 is 2.89 bits per heavy atom. The van der Waals surface area contributed by atoms with Crippen molar-refractivity contribution in [1.82, 2.24) is 14.8 Å². The standard InChI is InChI=1S/C13H14ClN3O/c1-3-9-6-10(17(2)16-9)7-13(18)11-4-5-15-8-12(11)14/h4-6,8H,3,7H2,1-2H3. The van der Waals surface area contributed by atoms with Crippen molar-refractivity contribution >= 4 is 17.4 Å². The normalized spacial score (nSPS) is 10.6. The molecule has 4 nitrogen and oxygen atoms in total. The fourth-order valence-electron chi connectivity index (χ4n) is 1.77. The number of hydrogen-bond acceptors (Lipinski definition) is 3. The maximum absolute atomic E-state index is 12.1. The summed E-state index contributed by atoms with van der Waals surface area (Å²) < 4.78 is 1.74. The Morgan fingerprint density at radius 2 is 2.28 bits per heavy atom. The molecule has 0 aliphatic rings. The predicted molar refractivity (Wildman–Crippen MR) is 69.9 cm³/mol. The molecule has 0 unspecified atom stereocenters. The van der Waals surface area contributed by atoms with Crippen molar-refractivity contribution in [2.45, 2.75) is 19.8 Å². The van der Waals surface area contributed by atoms with Crippen LogP contribution in [0.15, 0.2) is 24.5 Å². The van der Waals surface area contributed by atoms with E-state index in [4.69, 9.17) is 11.6 Å². The third-order valence-corrected chi connectivity index (χ3v) is 3.11. The van der Waals surface area contributed by atoms with Crippen LogP contribution in [0.5, 0.6) is 0 Å². The molecule has 5 heteroatoms. The summed E-state index contributed by atoms with van der Waals surface area (Å²) in [7, 11) is 1.84. The molecule has 0 bridgehead atoms. The second-order valence-electron chi connectivity index (χ2n) is 4.06. The first kappa shape index (κ1) is 12.8. The Kier molecular flexibility index (Phi) is 3.77. The monoisotopic (exact) mass is 263 g/mol. The van der Waals surface area contributed by atoms with Gasteiger partial charge in [0.1, 0.15) is 0 Å². The highest BCUT2D eigenvalue weighted by atomic mass is 35.5. The van der Waals surface area contributed by atoms with Crippen molar-refractivity contribution in [3.8, 4) is 0 Å². The van der Waals surface area contributed by atoms with E-state index < -0.39 is 0 Å². The van der Waals surface area contributed by atoms with Crippen LogP contribution in [0.3, 0.4) is 0 Å². The maximum atomic E-state index is 12.1. The van der Waals surface area contributed by atoms with Crippen LogP contribution in [-0.4, -0.2) is 20.5 Å². The molecule has 0 spiro atoms. The van der Waals surface area contributed by atoms with Crippen LogP contribution in [0.1, 0.15) is 28.7 Å². The number of carbonyl (C=O) groups is 1. The highest BCUT2D eigenvalue weighted by molar-refractivity contribution is 6.33. The number of aryl methyl sites for hydroxylation is 2. The number of rotatable bonds is 4. The number of ketones is 1. The molecular formula is C13H14ClN3O. The van der Waals surface area contributed by atoms with Gasteiger partial charge in [0.05, 0.1) is 17.1 Å². The van der Waals surface area contributed by atoms with Gasteiger partial charge in [0, 0.05) is 30.7 Å². The molecule has 0 saturated heterocycles. The summed E-state index contributed by atoms with van der Waals surface area (Å²) in [5, 5.41) is 4.71. The molecule has 0 saturated carbocycles. The lowest BCUT2D eigenvalue weighted by atomic mass is 10.1. The number of hydrogen-bond donors (Lipinski definition) is 0. The first-order valence-electron chi connectivity index (χ1n) is 5.76. The summed E-state index contributed by atoms with van der Waals surface area (Å²) in [4.78, 5) is 16.0. The van der Waals surface area contributed by atoms with Crippen molar-refractivity contribution in [2.75, 3.05) is 0 Å². The van der Waals surface area contributed by atoms with E-state index in [0.29, 0.717) is 17.0 Å². The number of pyridine rings is 1. The van der Waals surface area contributed by atoms with Gasteiger partial charge in [-0.1, -0.05) is 18.5 Å². The van der Waals surface area contributed by atoms with E-state index in [1.165, 1.54) is 6.20 Å². The highest BCUT2D eigenvalue weighted by Gasteiger charge is 2.13. The Morgan fingerprint density at radius 1 is 1.50 bits per heavy atom. The van der Waals surface area contributed by atoms with Crippen molar-refractivity contribution in [1.29, 1.82) is 0 Å². The fourth-order valence-corrected chi connectivity index (χ4v) is 2.00. The molecule has 0 atom stereocenters. The van der Waals surface area contributed by atoms with E-state index >= 15 is 0 Å². The number of halogens is 1. The van der Waals surface area contributed by atoms with E-state index in [2.05, 4.69) is 10.1 Å². The smallest absolute Gasteiger partial charge is 0.170 e. The average Bonchev–Trinajstić information content (AvgIpc) is 2.70. The van der Waals surface area contributed by atoms with E-state index in [0.717, 1.165) is 17.8 Å². The summed E-state index contributed by atoms with van der Waals surface area (Å²) in [6.07, 6.45) is 4.21. The maximum Gasteiger partial charge on any atom is 0.170 e. The van der Waals surface area contributed by atoms with Gasteiger partial charge in [-0.2, -0.15) is 5.10 Å². The molecule has 18 heavy (non-hydrogen) atoms. The van der Waals surface area contributed by atoms with Crippen LogP contribution >= 0.6 is 11.6 Å². The minimum Gasteiger partial charge on any atom is -0.294 e. The van der Waals surface area contributed by atoms with Crippen LogP contribution < -0.4 is 0 Å². The zero-order valence-corrected chi connectivity index (χ0v) is 11.1. The van der Waals surface area contributed by atoms with Gasteiger partial charge in [-0.05, 0) is 18.6 Å². The van der Waals surface area contributed by atoms with Gasteiger partial charge in [-0.15, -0.1) is 0 Å².